The molecule has 3 aromatic rings. The number of nitrogens with one attached hydrogen (secondary N) is 1. The lowest BCUT2D eigenvalue weighted by Crippen LogP contribution is -2.48. The summed E-state index contributed by atoms with van der Waals surface area (Å²) in [5.41, 5.74) is 1.10. The van der Waals surface area contributed by atoms with Crippen LogP contribution in [-0.4, -0.2) is 37.0 Å². The molecule has 2 heterocycles. The van der Waals surface area contributed by atoms with E-state index in [1.54, 1.807) is 25.3 Å². The second-order valence-corrected chi connectivity index (χ2v) is 7.38. The third-order valence-corrected chi connectivity index (χ3v) is 5.27. The minimum Gasteiger partial charge on any atom is -0.497 e. The molecular formula is C23H24N2O4. The van der Waals surface area contributed by atoms with Crippen molar-refractivity contribution >= 4 is 16.9 Å². The Morgan fingerprint density at radius 1 is 1.21 bits per heavy atom. The maximum Gasteiger partial charge on any atom is 0.349 e. The van der Waals surface area contributed by atoms with Crippen LogP contribution in [0.25, 0.3) is 11.0 Å². The van der Waals surface area contributed by atoms with E-state index in [-0.39, 0.29) is 17.5 Å². The summed E-state index contributed by atoms with van der Waals surface area (Å²) in [6.07, 6.45) is 1.88. The third-order valence-electron chi connectivity index (χ3n) is 5.27. The standard InChI is InChI=1S/C23H24N2O4/c1-28-19-9-4-6-16(12-19)14-25-11-5-8-18(15-25)24-22(26)20-13-17-7-2-3-10-21(17)29-23(20)27/h2-4,6-7,9-10,12-13,18H,5,8,11,14-15H2,1H3,(H,24,26)/t18-/m0/s1. The van der Waals surface area contributed by atoms with Crippen molar-refractivity contribution in [2.45, 2.75) is 25.4 Å². The van der Waals surface area contributed by atoms with Crippen LogP contribution < -0.4 is 15.7 Å². The highest BCUT2D eigenvalue weighted by Crippen LogP contribution is 2.18. The molecule has 0 unspecified atom stereocenters. The molecule has 6 heteroatoms. The highest BCUT2D eigenvalue weighted by atomic mass is 16.5. The number of amides is 1. The molecule has 1 aliphatic rings. The molecule has 2 aromatic carbocycles. The SMILES string of the molecule is COc1cccc(CN2CCC[C@H](NC(=O)c3cc4ccccc4oc3=O)C2)c1. The van der Waals surface area contributed by atoms with Crippen molar-refractivity contribution in [1.29, 1.82) is 0 Å². The molecule has 0 spiro atoms. The smallest absolute Gasteiger partial charge is 0.349 e. The number of ether oxygens (including phenoxy) is 1. The van der Waals surface area contributed by atoms with E-state index >= 15 is 0 Å². The van der Waals surface area contributed by atoms with Crippen molar-refractivity contribution < 1.29 is 13.9 Å². The van der Waals surface area contributed by atoms with Crippen molar-refractivity contribution in [3.63, 3.8) is 0 Å². The number of rotatable bonds is 5. The molecule has 4 rings (SSSR count). The maximum absolute atomic E-state index is 12.7. The highest BCUT2D eigenvalue weighted by Gasteiger charge is 2.23. The molecule has 1 aliphatic heterocycles. The van der Waals surface area contributed by atoms with E-state index in [4.69, 9.17) is 9.15 Å². The minimum absolute atomic E-state index is 0.00673. The lowest BCUT2D eigenvalue weighted by Gasteiger charge is -2.33. The lowest BCUT2D eigenvalue weighted by molar-refractivity contribution is 0.0897. The molecule has 0 bridgehead atoms. The zero-order valence-electron chi connectivity index (χ0n) is 16.4. The van der Waals surface area contributed by atoms with Crippen LogP contribution in [0.2, 0.25) is 0 Å². The third kappa shape index (κ3) is 4.49. The van der Waals surface area contributed by atoms with Gasteiger partial charge in [-0.1, -0.05) is 30.3 Å². The summed E-state index contributed by atoms with van der Waals surface area (Å²) in [5, 5.41) is 3.75. The van der Waals surface area contributed by atoms with Gasteiger partial charge in [-0.05, 0) is 49.2 Å². The van der Waals surface area contributed by atoms with Crippen LogP contribution in [0.15, 0.2) is 63.8 Å². The Balaban J connectivity index is 1.43. The van der Waals surface area contributed by atoms with Crippen LogP contribution in [0.4, 0.5) is 0 Å². The van der Waals surface area contributed by atoms with E-state index in [1.807, 2.05) is 30.3 Å². The number of para-hydroxylation sites is 1. The molecule has 1 amide bonds. The number of methoxy groups -OCH3 is 1. The minimum atomic E-state index is -0.606. The number of likely N-dealkylation sites (tertiary alicyclic amines) is 1. The zero-order valence-corrected chi connectivity index (χ0v) is 16.4. The van der Waals surface area contributed by atoms with Crippen molar-refractivity contribution in [1.82, 2.24) is 10.2 Å². The van der Waals surface area contributed by atoms with Gasteiger partial charge in [-0.2, -0.15) is 0 Å². The quantitative estimate of drug-likeness (QED) is 0.675. The summed E-state index contributed by atoms with van der Waals surface area (Å²) in [7, 11) is 1.66. The van der Waals surface area contributed by atoms with Crippen LogP contribution in [0.5, 0.6) is 5.75 Å². The van der Waals surface area contributed by atoms with Crippen LogP contribution in [0.3, 0.4) is 0 Å². The fraction of sp³-hybridized carbons (Fsp3) is 0.304. The Hall–Kier alpha value is -3.12. The van der Waals surface area contributed by atoms with Crippen LogP contribution in [0.1, 0.15) is 28.8 Å². The fourth-order valence-electron chi connectivity index (χ4n) is 3.83. The second-order valence-electron chi connectivity index (χ2n) is 7.38. The Kier molecular flexibility index (Phi) is 5.62. The number of benzene rings is 2. The Bertz CT molecular complexity index is 1080. The molecule has 1 atom stereocenters. The predicted molar refractivity (Wildman–Crippen MR) is 111 cm³/mol. The molecule has 1 N–H and O–H groups in total. The van der Waals surface area contributed by atoms with E-state index in [1.165, 1.54) is 5.56 Å². The van der Waals surface area contributed by atoms with Crippen molar-refractivity contribution in [3.8, 4) is 5.75 Å². The van der Waals surface area contributed by atoms with Crippen LogP contribution in [0, 0.1) is 0 Å². The molecule has 0 aliphatic carbocycles. The first kappa shape index (κ1) is 19.2. The average Bonchev–Trinajstić information content (AvgIpc) is 2.73. The largest absolute Gasteiger partial charge is 0.497 e. The van der Waals surface area contributed by atoms with Gasteiger partial charge in [0, 0.05) is 24.5 Å². The van der Waals surface area contributed by atoms with E-state index in [0.717, 1.165) is 43.6 Å². The predicted octanol–water partition coefficient (Wildman–Crippen LogP) is 3.20. The summed E-state index contributed by atoms with van der Waals surface area (Å²) in [6.45, 7) is 2.51. The van der Waals surface area contributed by atoms with Crippen LogP contribution >= 0.6 is 0 Å². The molecule has 1 saturated heterocycles. The topological polar surface area (TPSA) is 71.8 Å². The van der Waals surface area contributed by atoms with Gasteiger partial charge >= 0.3 is 5.63 Å². The number of piperidine rings is 1. The van der Waals surface area contributed by atoms with Gasteiger partial charge in [-0.15, -0.1) is 0 Å². The van der Waals surface area contributed by atoms with Gasteiger partial charge in [-0.3, -0.25) is 9.69 Å². The maximum atomic E-state index is 12.7. The molecule has 1 fully saturated rings. The monoisotopic (exact) mass is 392 g/mol. The van der Waals surface area contributed by atoms with E-state index in [2.05, 4.69) is 16.3 Å². The van der Waals surface area contributed by atoms with Gasteiger partial charge in [-0.25, -0.2) is 4.79 Å². The highest BCUT2D eigenvalue weighted by molar-refractivity contribution is 5.96. The summed E-state index contributed by atoms with van der Waals surface area (Å²) >= 11 is 0. The van der Waals surface area contributed by atoms with Gasteiger partial charge in [0.05, 0.1) is 7.11 Å². The molecule has 150 valence electrons. The normalized spacial score (nSPS) is 17.2. The Labute approximate surface area is 169 Å². The van der Waals surface area contributed by atoms with E-state index in [9.17, 15) is 9.59 Å². The van der Waals surface area contributed by atoms with Crippen LogP contribution in [-0.2, 0) is 6.54 Å². The van der Waals surface area contributed by atoms with Gasteiger partial charge in [0.1, 0.15) is 16.9 Å². The number of carbonyl (C=O) groups excluding carboxylic acids is 1. The van der Waals surface area contributed by atoms with Crippen molar-refractivity contribution in [2.75, 3.05) is 20.2 Å². The number of hydrogen-bond acceptors (Lipinski definition) is 5. The summed E-state index contributed by atoms with van der Waals surface area (Å²) in [4.78, 5) is 27.3. The van der Waals surface area contributed by atoms with Gasteiger partial charge in [0.25, 0.3) is 5.91 Å². The lowest BCUT2D eigenvalue weighted by atomic mass is 10.0. The molecule has 1 aromatic heterocycles. The number of nitrogens with zero attached hydrogens (tertiary/aromatic N) is 1. The number of fused-ring (bicyclic) bond motifs is 1. The Morgan fingerprint density at radius 2 is 2.07 bits per heavy atom. The van der Waals surface area contributed by atoms with Gasteiger partial charge < -0.3 is 14.5 Å². The first-order chi connectivity index (χ1) is 14.1. The Morgan fingerprint density at radius 3 is 2.93 bits per heavy atom. The van der Waals surface area contributed by atoms with Crippen molar-refractivity contribution in [2.24, 2.45) is 0 Å². The molecule has 6 nitrogen and oxygen atoms in total. The molecule has 29 heavy (non-hydrogen) atoms. The first-order valence-electron chi connectivity index (χ1n) is 9.81. The van der Waals surface area contributed by atoms with Gasteiger partial charge in [0.15, 0.2) is 0 Å². The van der Waals surface area contributed by atoms with Crippen molar-refractivity contribution in [3.05, 3.63) is 76.1 Å². The molecular weight excluding hydrogens is 368 g/mol. The second kappa shape index (κ2) is 8.49. The average molecular weight is 392 g/mol. The number of carbonyl (C=O) groups is 1. The van der Waals surface area contributed by atoms with E-state index in [0.29, 0.717) is 5.58 Å². The van der Waals surface area contributed by atoms with Gasteiger partial charge in [0.2, 0.25) is 0 Å². The summed E-state index contributed by atoms with van der Waals surface area (Å²) in [5.74, 6) is 0.463. The summed E-state index contributed by atoms with van der Waals surface area (Å²) < 4.78 is 10.6. The fourth-order valence-corrected chi connectivity index (χ4v) is 3.83. The zero-order chi connectivity index (χ0) is 20.2. The summed E-state index contributed by atoms with van der Waals surface area (Å²) in [6, 6.07) is 16.8. The molecule has 0 radical (unpaired) electrons. The molecule has 0 saturated carbocycles. The number of hydrogen-bond donors (Lipinski definition) is 1. The first-order valence-corrected chi connectivity index (χ1v) is 9.81. The van der Waals surface area contributed by atoms with E-state index < -0.39 is 5.63 Å².